The second kappa shape index (κ2) is 4.94. The van der Waals surface area contributed by atoms with E-state index in [0.717, 1.165) is 0 Å². The van der Waals surface area contributed by atoms with Gasteiger partial charge in [-0.25, -0.2) is 4.79 Å². The average Bonchev–Trinajstić information content (AvgIpc) is 2.56. The minimum Gasteiger partial charge on any atom is -0.469 e. The largest absolute Gasteiger partial charge is 0.469 e. The van der Waals surface area contributed by atoms with Gasteiger partial charge in [0.15, 0.2) is 0 Å². The molecule has 0 aromatic carbocycles. The van der Waals surface area contributed by atoms with Crippen LogP contribution in [0, 0.1) is 5.92 Å². The van der Waals surface area contributed by atoms with Crippen LogP contribution in [0.1, 0.15) is 34.1 Å². The van der Waals surface area contributed by atoms with Crippen molar-refractivity contribution in [3.8, 4) is 0 Å². The summed E-state index contributed by atoms with van der Waals surface area (Å²) in [6, 6.07) is 0.00829. The quantitative estimate of drug-likeness (QED) is 0.659. The van der Waals surface area contributed by atoms with Crippen molar-refractivity contribution >= 4 is 12.1 Å². The van der Waals surface area contributed by atoms with E-state index >= 15 is 0 Å². The highest BCUT2D eigenvalue weighted by Crippen LogP contribution is 2.25. The van der Waals surface area contributed by atoms with Crippen molar-refractivity contribution in [2.24, 2.45) is 5.92 Å². The van der Waals surface area contributed by atoms with Gasteiger partial charge in [0, 0.05) is 12.6 Å². The Bertz CT molecular complexity index is 308. The number of carbonyl (C=O) groups is 2. The fraction of sp³-hybridized carbons (Fsp3) is 0.833. The molecule has 1 fully saturated rings. The van der Waals surface area contributed by atoms with Crippen LogP contribution in [0.25, 0.3) is 0 Å². The summed E-state index contributed by atoms with van der Waals surface area (Å²) < 4.78 is 9.98. The van der Waals surface area contributed by atoms with E-state index in [2.05, 4.69) is 0 Å². The monoisotopic (exact) mass is 243 g/mol. The second-order valence-electron chi connectivity index (χ2n) is 5.44. The van der Waals surface area contributed by atoms with E-state index in [1.165, 1.54) is 7.11 Å². The van der Waals surface area contributed by atoms with Crippen LogP contribution in [0.5, 0.6) is 0 Å². The lowest BCUT2D eigenvalue weighted by atomic mass is 10.1. The highest BCUT2D eigenvalue weighted by molar-refractivity contribution is 5.76. The van der Waals surface area contributed by atoms with Gasteiger partial charge in [0.1, 0.15) is 5.60 Å². The summed E-state index contributed by atoms with van der Waals surface area (Å²) in [4.78, 5) is 24.9. The number of ether oxygens (including phenoxy) is 2. The average molecular weight is 243 g/mol. The molecule has 98 valence electrons. The van der Waals surface area contributed by atoms with Gasteiger partial charge < -0.3 is 14.4 Å². The third-order valence-electron chi connectivity index (χ3n) is 2.74. The minimum absolute atomic E-state index is 0.00829. The van der Waals surface area contributed by atoms with Crippen LogP contribution >= 0.6 is 0 Å². The summed E-state index contributed by atoms with van der Waals surface area (Å²) in [6.45, 7) is 7.76. The minimum atomic E-state index is -0.514. The first kappa shape index (κ1) is 13.8. The van der Waals surface area contributed by atoms with E-state index in [1.54, 1.807) is 4.90 Å². The van der Waals surface area contributed by atoms with Crippen LogP contribution in [-0.2, 0) is 14.3 Å². The van der Waals surface area contributed by atoms with Crippen molar-refractivity contribution in [2.45, 2.75) is 45.8 Å². The van der Waals surface area contributed by atoms with E-state index in [4.69, 9.17) is 9.47 Å². The molecular weight excluding hydrogens is 222 g/mol. The van der Waals surface area contributed by atoms with Gasteiger partial charge in [-0.2, -0.15) is 0 Å². The Morgan fingerprint density at radius 1 is 1.29 bits per heavy atom. The maximum absolute atomic E-state index is 11.9. The highest BCUT2D eigenvalue weighted by Gasteiger charge is 2.38. The van der Waals surface area contributed by atoms with Gasteiger partial charge in [-0.3, -0.25) is 4.79 Å². The molecule has 2 atom stereocenters. The van der Waals surface area contributed by atoms with Crippen molar-refractivity contribution in [3.63, 3.8) is 0 Å². The maximum Gasteiger partial charge on any atom is 0.410 e. The molecule has 1 rings (SSSR count). The molecule has 1 aliphatic rings. The smallest absolute Gasteiger partial charge is 0.410 e. The molecule has 1 amide bonds. The standard InChI is InChI=1S/C12H21NO4/c1-8-6-9(10(14)16-5)7-13(8)11(15)17-12(2,3)4/h8-9H,6-7H2,1-5H3/t8-,9+/m1/s1. The highest BCUT2D eigenvalue weighted by atomic mass is 16.6. The normalized spacial score (nSPS) is 24.6. The fourth-order valence-electron chi connectivity index (χ4n) is 1.94. The van der Waals surface area contributed by atoms with E-state index in [1.807, 2.05) is 27.7 Å². The molecule has 17 heavy (non-hydrogen) atoms. The third kappa shape index (κ3) is 3.61. The molecule has 1 heterocycles. The molecule has 0 radical (unpaired) electrons. The molecule has 5 nitrogen and oxygen atoms in total. The van der Waals surface area contributed by atoms with Crippen molar-refractivity contribution in [2.75, 3.05) is 13.7 Å². The van der Waals surface area contributed by atoms with Gasteiger partial charge in [-0.15, -0.1) is 0 Å². The number of hydrogen-bond acceptors (Lipinski definition) is 4. The van der Waals surface area contributed by atoms with Gasteiger partial charge in [0.05, 0.1) is 13.0 Å². The van der Waals surface area contributed by atoms with Crippen molar-refractivity contribution in [1.82, 2.24) is 4.90 Å². The van der Waals surface area contributed by atoms with Crippen LogP contribution in [0.2, 0.25) is 0 Å². The number of likely N-dealkylation sites (tertiary alicyclic amines) is 1. The molecule has 0 saturated carbocycles. The summed E-state index contributed by atoms with van der Waals surface area (Å²) in [5.41, 5.74) is -0.514. The van der Waals surface area contributed by atoms with Gasteiger partial charge >= 0.3 is 12.1 Å². The summed E-state index contributed by atoms with van der Waals surface area (Å²) in [7, 11) is 1.36. The van der Waals surface area contributed by atoms with Crippen molar-refractivity contribution in [1.29, 1.82) is 0 Å². The third-order valence-corrected chi connectivity index (χ3v) is 2.74. The number of hydrogen-bond donors (Lipinski definition) is 0. The zero-order chi connectivity index (χ0) is 13.2. The van der Waals surface area contributed by atoms with Crippen LogP contribution in [0.3, 0.4) is 0 Å². The summed E-state index contributed by atoms with van der Waals surface area (Å²) >= 11 is 0. The van der Waals surface area contributed by atoms with Gasteiger partial charge in [-0.1, -0.05) is 0 Å². The number of esters is 1. The fourth-order valence-corrected chi connectivity index (χ4v) is 1.94. The molecule has 5 heteroatoms. The predicted octanol–water partition coefficient (Wildman–Crippen LogP) is 1.80. The Kier molecular flexibility index (Phi) is 4.01. The molecule has 0 unspecified atom stereocenters. The van der Waals surface area contributed by atoms with E-state index < -0.39 is 5.60 Å². The Balaban J connectivity index is 2.62. The van der Waals surface area contributed by atoms with E-state index in [0.29, 0.717) is 13.0 Å². The number of nitrogens with zero attached hydrogens (tertiary/aromatic N) is 1. The summed E-state index contributed by atoms with van der Waals surface area (Å²) in [5, 5.41) is 0. The second-order valence-corrected chi connectivity index (χ2v) is 5.44. The lowest BCUT2D eigenvalue weighted by molar-refractivity contribution is -0.144. The molecule has 1 aliphatic heterocycles. The molecule has 0 aromatic heterocycles. The lowest BCUT2D eigenvalue weighted by Crippen LogP contribution is -2.39. The van der Waals surface area contributed by atoms with Crippen LogP contribution in [0.4, 0.5) is 4.79 Å². The molecule has 0 N–H and O–H groups in total. The predicted molar refractivity (Wildman–Crippen MR) is 62.5 cm³/mol. The lowest BCUT2D eigenvalue weighted by Gasteiger charge is -2.26. The molecule has 0 spiro atoms. The van der Waals surface area contributed by atoms with Gasteiger partial charge in [-0.05, 0) is 34.1 Å². The summed E-state index contributed by atoms with van der Waals surface area (Å²) in [6.07, 6.45) is 0.266. The number of amides is 1. The summed E-state index contributed by atoms with van der Waals surface area (Å²) in [5.74, 6) is -0.495. The van der Waals surface area contributed by atoms with Crippen molar-refractivity contribution in [3.05, 3.63) is 0 Å². The van der Waals surface area contributed by atoms with Crippen LogP contribution < -0.4 is 0 Å². The Morgan fingerprint density at radius 2 is 1.88 bits per heavy atom. The first-order valence-electron chi connectivity index (χ1n) is 5.82. The first-order valence-corrected chi connectivity index (χ1v) is 5.82. The Hall–Kier alpha value is -1.26. The molecule has 0 bridgehead atoms. The molecule has 0 aliphatic carbocycles. The number of methoxy groups -OCH3 is 1. The molecule has 0 aromatic rings. The topological polar surface area (TPSA) is 55.8 Å². The van der Waals surface area contributed by atoms with Crippen molar-refractivity contribution < 1.29 is 19.1 Å². The number of rotatable bonds is 1. The van der Waals surface area contributed by atoms with E-state index in [-0.39, 0.29) is 24.0 Å². The zero-order valence-corrected chi connectivity index (χ0v) is 11.1. The SMILES string of the molecule is COC(=O)[C@H]1C[C@@H](C)N(C(=O)OC(C)(C)C)C1. The first-order chi connectivity index (χ1) is 7.74. The Labute approximate surface area is 102 Å². The molecular formula is C12H21NO4. The molecule has 1 saturated heterocycles. The van der Waals surface area contributed by atoms with Crippen LogP contribution in [0.15, 0.2) is 0 Å². The van der Waals surface area contributed by atoms with Gasteiger partial charge in [0.2, 0.25) is 0 Å². The van der Waals surface area contributed by atoms with Gasteiger partial charge in [0.25, 0.3) is 0 Å². The Morgan fingerprint density at radius 3 is 2.35 bits per heavy atom. The number of carbonyl (C=O) groups excluding carboxylic acids is 2. The van der Waals surface area contributed by atoms with Crippen LogP contribution in [-0.4, -0.2) is 42.3 Å². The van der Waals surface area contributed by atoms with E-state index in [9.17, 15) is 9.59 Å². The maximum atomic E-state index is 11.9. The zero-order valence-electron chi connectivity index (χ0n) is 11.1.